The van der Waals surface area contributed by atoms with Crippen LogP contribution in [0, 0.1) is 0 Å². The molecular weight excluding hydrogens is 372 g/mol. The molecule has 1 unspecified atom stereocenters. The summed E-state index contributed by atoms with van der Waals surface area (Å²) >= 11 is 0. The summed E-state index contributed by atoms with van der Waals surface area (Å²) < 4.78 is 23.4. The first-order chi connectivity index (χ1) is 13.2. The Balaban J connectivity index is 1.64. The Morgan fingerprint density at radius 2 is 1.82 bits per heavy atom. The van der Waals surface area contributed by atoms with Crippen LogP contribution in [0.1, 0.15) is 43.7 Å². The van der Waals surface area contributed by atoms with Gasteiger partial charge in [-0.3, -0.25) is 4.79 Å². The number of nitrogens with one attached hydrogen (secondary N) is 2. The molecule has 5 nitrogen and oxygen atoms in total. The molecule has 1 saturated carbocycles. The molecule has 3 rings (SSSR count). The molecule has 0 heterocycles. The zero-order chi connectivity index (χ0) is 20.3. The third-order valence-corrected chi connectivity index (χ3v) is 6.28. The molecule has 0 radical (unpaired) electrons. The summed E-state index contributed by atoms with van der Waals surface area (Å²) in [4.78, 5) is 14.0. The van der Waals surface area contributed by atoms with Crippen LogP contribution >= 0.6 is 0 Å². The van der Waals surface area contributed by atoms with Crippen molar-refractivity contribution in [2.24, 2.45) is 0 Å². The average Bonchev–Trinajstić information content (AvgIpc) is 3.46. The number of sulfone groups is 1. The van der Waals surface area contributed by atoms with E-state index in [-0.39, 0.29) is 10.8 Å². The number of anilines is 1. The largest absolute Gasteiger partial charge is 0.321 e. The summed E-state index contributed by atoms with van der Waals surface area (Å²) in [5.41, 5.74) is 3.07. The van der Waals surface area contributed by atoms with Crippen molar-refractivity contribution in [3.05, 3.63) is 59.7 Å². The Labute approximate surface area is 167 Å². The van der Waals surface area contributed by atoms with Crippen LogP contribution in [0.4, 0.5) is 5.69 Å². The molecule has 6 heteroatoms. The van der Waals surface area contributed by atoms with E-state index in [1.165, 1.54) is 28.2 Å². The normalized spacial score (nSPS) is 15.4. The first kappa shape index (κ1) is 20.6. The lowest BCUT2D eigenvalue weighted by Gasteiger charge is -2.19. The number of carbonyl (C=O) groups excluding carboxylic acids is 1. The van der Waals surface area contributed by atoms with E-state index in [1.54, 1.807) is 12.1 Å². The third-order valence-electron chi connectivity index (χ3n) is 5.17. The zero-order valence-corrected chi connectivity index (χ0v) is 17.6. The Hall–Kier alpha value is -2.18. The number of quaternary nitrogens is 1. The van der Waals surface area contributed by atoms with Gasteiger partial charge in [-0.1, -0.05) is 44.2 Å². The summed E-state index contributed by atoms with van der Waals surface area (Å²) in [6, 6.07) is 15.6. The van der Waals surface area contributed by atoms with E-state index in [2.05, 4.69) is 43.4 Å². The smallest absolute Gasteiger partial charge is 0.279 e. The maximum absolute atomic E-state index is 12.6. The summed E-state index contributed by atoms with van der Waals surface area (Å²) in [6.07, 6.45) is 3.46. The molecular formula is C22H29N2O3S+. The van der Waals surface area contributed by atoms with Gasteiger partial charge in [0.1, 0.15) is 6.54 Å². The SMILES string of the molecule is CC(C)c1ccc(C[NH+](CC(=O)Nc2cccc(S(C)(=O)=O)c2)C2CC2)cc1. The van der Waals surface area contributed by atoms with Crippen LogP contribution in [0.5, 0.6) is 0 Å². The fourth-order valence-electron chi connectivity index (χ4n) is 3.34. The van der Waals surface area contributed by atoms with E-state index < -0.39 is 9.84 Å². The first-order valence-corrected chi connectivity index (χ1v) is 11.6. The van der Waals surface area contributed by atoms with Crippen LogP contribution in [0.25, 0.3) is 0 Å². The second-order valence-electron chi connectivity index (χ2n) is 8.03. The van der Waals surface area contributed by atoms with Crippen LogP contribution in [0.3, 0.4) is 0 Å². The van der Waals surface area contributed by atoms with E-state index in [9.17, 15) is 13.2 Å². The maximum atomic E-state index is 12.6. The van der Waals surface area contributed by atoms with E-state index in [4.69, 9.17) is 0 Å². The molecule has 0 aliphatic heterocycles. The van der Waals surface area contributed by atoms with E-state index in [1.807, 2.05) is 0 Å². The quantitative estimate of drug-likeness (QED) is 0.714. The molecule has 1 atom stereocenters. The van der Waals surface area contributed by atoms with Gasteiger partial charge in [0.25, 0.3) is 5.91 Å². The second-order valence-corrected chi connectivity index (χ2v) is 10.0. The highest BCUT2D eigenvalue weighted by molar-refractivity contribution is 7.90. The van der Waals surface area contributed by atoms with Gasteiger partial charge in [0.2, 0.25) is 0 Å². The molecule has 1 aliphatic carbocycles. The minimum atomic E-state index is -3.29. The van der Waals surface area contributed by atoms with Crippen molar-refractivity contribution < 1.29 is 18.1 Å². The number of rotatable bonds is 8. The Morgan fingerprint density at radius 3 is 2.39 bits per heavy atom. The van der Waals surface area contributed by atoms with Gasteiger partial charge in [0.05, 0.1) is 10.9 Å². The summed E-state index contributed by atoms with van der Waals surface area (Å²) in [6.45, 7) is 5.55. The van der Waals surface area contributed by atoms with Gasteiger partial charge in [-0.25, -0.2) is 8.42 Å². The van der Waals surface area contributed by atoms with Crippen molar-refractivity contribution in [2.45, 2.75) is 50.1 Å². The van der Waals surface area contributed by atoms with Crippen LogP contribution < -0.4 is 10.2 Å². The molecule has 2 N–H and O–H groups in total. The second kappa shape index (κ2) is 8.45. The van der Waals surface area contributed by atoms with Gasteiger partial charge in [-0.2, -0.15) is 0 Å². The average molecular weight is 402 g/mol. The fourth-order valence-corrected chi connectivity index (χ4v) is 4.01. The van der Waals surface area contributed by atoms with Gasteiger partial charge in [0.15, 0.2) is 16.4 Å². The van der Waals surface area contributed by atoms with Crippen molar-refractivity contribution in [1.82, 2.24) is 0 Å². The predicted octanol–water partition coefficient (Wildman–Crippen LogP) is 2.40. The van der Waals surface area contributed by atoms with Crippen LogP contribution in [-0.4, -0.2) is 33.2 Å². The lowest BCUT2D eigenvalue weighted by atomic mass is 10.0. The van der Waals surface area contributed by atoms with Crippen LogP contribution in [0.15, 0.2) is 53.4 Å². The first-order valence-electron chi connectivity index (χ1n) is 9.76. The topological polar surface area (TPSA) is 67.7 Å². The molecule has 0 aromatic heterocycles. The number of hydrogen-bond donors (Lipinski definition) is 2. The van der Waals surface area contributed by atoms with Crippen LogP contribution in [-0.2, 0) is 21.2 Å². The van der Waals surface area contributed by atoms with E-state index in [0.717, 1.165) is 25.6 Å². The molecule has 0 saturated heterocycles. The summed E-state index contributed by atoms with van der Waals surface area (Å²) in [5.74, 6) is 0.417. The van der Waals surface area contributed by atoms with Gasteiger partial charge < -0.3 is 10.2 Å². The van der Waals surface area contributed by atoms with Gasteiger partial charge in [0, 0.05) is 30.3 Å². The monoisotopic (exact) mass is 401 g/mol. The minimum Gasteiger partial charge on any atom is -0.321 e. The van der Waals surface area contributed by atoms with Crippen LogP contribution in [0.2, 0.25) is 0 Å². The number of carbonyl (C=O) groups is 1. The van der Waals surface area contributed by atoms with E-state index in [0.29, 0.717) is 24.2 Å². The molecule has 0 spiro atoms. The summed E-state index contributed by atoms with van der Waals surface area (Å²) in [7, 11) is -3.29. The number of hydrogen-bond acceptors (Lipinski definition) is 3. The van der Waals surface area contributed by atoms with Crippen molar-refractivity contribution >= 4 is 21.4 Å². The fraction of sp³-hybridized carbons (Fsp3) is 0.409. The Morgan fingerprint density at radius 1 is 1.14 bits per heavy atom. The lowest BCUT2D eigenvalue weighted by molar-refractivity contribution is -0.916. The lowest BCUT2D eigenvalue weighted by Crippen LogP contribution is -3.13. The highest BCUT2D eigenvalue weighted by atomic mass is 32.2. The molecule has 0 bridgehead atoms. The number of amides is 1. The highest BCUT2D eigenvalue weighted by Gasteiger charge is 2.34. The molecule has 2 aromatic rings. The minimum absolute atomic E-state index is 0.0913. The Bertz CT molecular complexity index is 933. The molecule has 150 valence electrons. The van der Waals surface area contributed by atoms with Crippen molar-refractivity contribution in [3.8, 4) is 0 Å². The van der Waals surface area contributed by atoms with Crippen molar-refractivity contribution in [3.63, 3.8) is 0 Å². The van der Waals surface area contributed by atoms with Crippen molar-refractivity contribution in [2.75, 3.05) is 18.1 Å². The third kappa shape index (κ3) is 5.66. The molecule has 1 fully saturated rings. The van der Waals surface area contributed by atoms with Crippen molar-refractivity contribution in [1.29, 1.82) is 0 Å². The van der Waals surface area contributed by atoms with Gasteiger partial charge >= 0.3 is 0 Å². The number of benzene rings is 2. The van der Waals surface area contributed by atoms with E-state index >= 15 is 0 Å². The zero-order valence-electron chi connectivity index (χ0n) is 16.7. The molecule has 28 heavy (non-hydrogen) atoms. The highest BCUT2D eigenvalue weighted by Crippen LogP contribution is 2.18. The predicted molar refractivity (Wildman–Crippen MR) is 111 cm³/mol. The molecule has 2 aromatic carbocycles. The molecule has 1 aliphatic rings. The Kier molecular flexibility index (Phi) is 6.20. The van der Waals surface area contributed by atoms with Gasteiger partial charge in [-0.05, 0) is 29.7 Å². The summed E-state index contributed by atoms with van der Waals surface area (Å²) in [5, 5.41) is 2.85. The standard InChI is InChI=1S/C22H28N2O3S/c1-16(2)18-9-7-17(8-10-18)14-24(20-11-12-20)15-22(25)23-19-5-4-6-21(13-19)28(3,26)27/h4-10,13,16,20H,11-12,14-15H2,1-3H3,(H,23,25)/p+1. The maximum Gasteiger partial charge on any atom is 0.279 e. The van der Waals surface area contributed by atoms with Gasteiger partial charge in [-0.15, -0.1) is 0 Å². The molecule has 1 amide bonds.